The predicted octanol–water partition coefficient (Wildman–Crippen LogP) is 5.66. The number of anilines is 1. The molecule has 2 aromatic rings. The second kappa shape index (κ2) is 14.0. The molecule has 0 aliphatic carbocycles. The van der Waals surface area contributed by atoms with Crippen molar-refractivity contribution < 1.29 is 42.1 Å². The van der Waals surface area contributed by atoms with Crippen molar-refractivity contribution in [1.29, 1.82) is 0 Å². The minimum atomic E-state index is -4.62. The highest BCUT2D eigenvalue weighted by atomic mass is 32.2. The molecule has 0 atom stereocenters. The van der Waals surface area contributed by atoms with E-state index in [4.69, 9.17) is 5.11 Å². The first kappa shape index (κ1) is 34.6. The highest BCUT2D eigenvalue weighted by Crippen LogP contribution is 2.49. The summed E-state index contributed by atoms with van der Waals surface area (Å²) in [6, 6.07) is 10.4. The van der Waals surface area contributed by atoms with Crippen molar-refractivity contribution >= 4 is 45.2 Å². The van der Waals surface area contributed by atoms with Gasteiger partial charge >= 0.3 is 5.97 Å². The summed E-state index contributed by atoms with van der Waals surface area (Å²) in [5, 5.41) is 22.8. The third-order valence-electron chi connectivity index (χ3n) is 8.49. The molecule has 242 valence electrons. The van der Waals surface area contributed by atoms with Crippen LogP contribution in [0.2, 0.25) is 0 Å². The number of benzene rings is 2. The highest BCUT2D eigenvalue weighted by molar-refractivity contribution is 7.94. The Bertz CT molecular complexity index is 1670. The van der Waals surface area contributed by atoms with E-state index < -0.39 is 21.5 Å². The van der Waals surface area contributed by atoms with E-state index in [9.17, 15) is 23.0 Å². The molecule has 0 spiro atoms. The van der Waals surface area contributed by atoms with Gasteiger partial charge in [-0.25, -0.2) is 8.42 Å². The number of rotatable bonds is 14. The van der Waals surface area contributed by atoms with E-state index in [0.29, 0.717) is 13.0 Å². The van der Waals surface area contributed by atoms with Crippen molar-refractivity contribution in [3.63, 3.8) is 0 Å². The Morgan fingerprint density at radius 1 is 1.02 bits per heavy atom. The molecule has 0 amide bonds. The van der Waals surface area contributed by atoms with Gasteiger partial charge in [0, 0.05) is 58.8 Å². The van der Waals surface area contributed by atoms with Crippen molar-refractivity contribution in [3.8, 4) is 0 Å². The summed E-state index contributed by atoms with van der Waals surface area (Å²) >= 11 is 0.868. The fourth-order valence-electron chi connectivity index (χ4n) is 6.23. The van der Waals surface area contributed by atoms with Crippen LogP contribution in [-0.4, -0.2) is 47.4 Å². The van der Waals surface area contributed by atoms with Crippen LogP contribution in [0.4, 0.5) is 11.4 Å². The molecule has 0 fully saturated rings. The van der Waals surface area contributed by atoms with Gasteiger partial charge in [0.2, 0.25) is 5.69 Å². The van der Waals surface area contributed by atoms with E-state index in [-0.39, 0.29) is 16.7 Å². The highest BCUT2D eigenvalue weighted by Gasteiger charge is 2.44. The summed E-state index contributed by atoms with van der Waals surface area (Å²) in [4.78, 5) is 13.7. The monoisotopic (exact) mass is 655 g/mol. The number of carboxylic acid groups (broad SMARTS) is 1. The molecule has 0 saturated carbocycles. The molecule has 1 N–H and O–H groups in total. The number of unbranched alkanes of at least 4 members (excludes halogenated alkanes) is 2. The Morgan fingerprint density at radius 2 is 1.78 bits per heavy atom. The molecule has 2 heterocycles. The summed E-state index contributed by atoms with van der Waals surface area (Å²) in [5.74, 6) is -0.817. The van der Waals surface area contributed by atoms with Crippen molar-refractivity contribution in [1.82, 2.24) is 0 Å². The molecular formula is C33H39N2O8S2-. The number of carbonyl (C=O) groups is 1. The fraction of sp³-hybridized carbons (Fsp3) is 0.394. The first-order valence-corrected chi connectivity index (χ1v) is 17.0. The number of hydrogen-bond acceptors (Lipinski definition) is 9. The molecule has 12 heteroatoms. The lowest BCUT2D eigenvalue weighted by Gasteiger charge is -2.25. The first-order valence-electron chi connectivity index (χ1n) is 14.8. The molecule has 4 rings (SSSR count). The number of aliphatic carboxylic acids is 1. The van der Waals surface area contributed by atoms with Crippen LogP contribution in [0.25, 0.3) is 0 Å². The van der Waals surface area contributed by atoms with Gasteiger partial charge in [-0.05, 0) is 75.6 Å². The summed E-state index contributed by atoms with van der Waals surface area (Å²) in [6.45, 7) is 11.8. The van der Waals surface area contributed by atoms with Crippen LogP contribution in [0.15, 0.2) is 82.3 Å². The third kappa shape index (κ3) is 7.43. The van der Waals surface area contributed by atoms with Crippen LogP contribution in [0.5, 0.6) is 0 Å². The second-order valence-corrected chi connectivity index (χ2v) is 14.2. The molecule has 45 heavy (non-hydrogen) atoms. The van der Waals surface area contributed by atoms with E-state index in [2.05, 4.69) is 45.7 Å². The molecule has 2 aliphatic heterocycles. The Kier molecular flexibility index (Phi) is 10.8. The summed E-state index contributed by atoms with van der Waals surface area (Å²) in [6.07, 6.45) is 12.2. The summed E-state index contributed by atoms with van der Waals surface area (Å²) in [7, 11) is -4.62. The van der Waals surface area contributed by atoms with Gasteiger partial charge in [-0.15, -0.1) is 0 Å². The second-order valence-electron chi connectivity index (χ2n) is 12.1. The average molecular weight is 656 g/mol. The number of allylic oxidation sites excluding steroid dienone is 6. The zero-order chi connectivity index (χ0) is 33.0. The maximum atomic E-state index is 11.8. The smallest absolute Gasteiger partial charge is 0.303 e. The van der Waals surface area contributed by atoms with Crippen LogP contribution >= 0.6 is 12.0 Å². The Labute approximate surface area is 269 Å². The molecule has 0 bridgehead atoms. The molecule has 10 nitrogen and oxygen atoms in total. The Balaban J connectivity index is 1.61. The molecule has 0 aromatic heterocycles. The van der Waals surface area contributed by atoms with E-state index in [1.807, 2.05) is 56.4 Å². The van der Waals surface area contributed by atoms with E-state index >= 15 is 0 Å². The lowest BCUT2D eigenvalue weighted by atomic mass is 9.81. The first-order chi connectivity index (χ1) is 21.2. The molecule has 2 aliphatic rings. The van der Waals surface area contributed by atoms with Crippen molar-refractivity contribution in [3.05, 3.63) is 83.6 Å². The zero-order valence-corrected chi connectivity index (χ0v) is 27.7. The van der Waals surface area contributed by atoms with Gasteiger partial charge in [0.15, 0.2) is 5.71 Å². The van der Waals surface area contributed by atoms with E-state index in [0.717, 1.165) is 70.2 Å². The minimum Gasteiger partial charge on any atom is -0.744 e. The molecule has 0 unspecified atom stereocenters. The molecule has 0 radical (unpaired) electrons. The minimum absolute atomic E-state index is 0.117. The van der Waals surface area contributed by atoms with Crippen LogP contribution < -0.4 is 10.2 Å². The normalized spacial score (nSPS) is 18.0. The lowest BCUT2D eigenvalue weighted by molar-refractivity contribution is -0.777. The maximum absolute atomic E-state index is 11.8. The van der Waals surface area contributed by atoms with E-state index in [1.54, 1.807) is 6.07 Å². The van der Waals surface area contributed by atoms with Gasteiger partial charge in [0.1, 0.15) is 16.7 Å². The number of fused-ring (bicyclic) bond motifs is 2. The topological polar surface area (TPSA) is 142 Å². The number of carboxylic acids is 1. The van der Waals surface area contributed by atoms with Gasteiger partial charge < -0.3 is 19.8 Å². The summed E-state index contributed by atoms with van der Waals surface area (Å²) < 4.78 is 42.0. The van der Waals surface area contributed by atoms with Gasteiger partial charge in [-0.2, -0.15) is 8.91 Å². The quantitative estimate of drug-likeness (QED) is 0.0516. The largest absolute Gasteiger partial charge is 0.744 e. The molecule has 2 aromatic carbocycles. The maximum Gasteiger partial charge on any atom is 0.303 e. The van der Waals surface area contributed by atoms with Crippen LogP contribution in [0.1, 0.15) is 71.4 Å². The number of likely N-dealkylation sites (N-methyl/N-ethyl adjacent to an activating group) is 1. The average Bonchev–Trinajstić information content (AvgIpc) is 3.32. The van der Waals surface area contributed by atoms with Crippen molar-refractivity contribution in [2.75, 3.05) is 18.0 Å². The standard InChI is InChI=1S/C33H40N2O8S2/c1-6-34-27-18-16-23(44-43-42-38)21-25(27)32(2,3)29(34)13-9-7-10-14-30-33(4,5)26-22-24(45(39,40)41)17-19-28(26)35(30)20-12-8-11-15-31(36)37/h7,9-10,13-14,16-19,21-22H,6,8,11-12,15,20H2,1-5H3,(H2-,36,37,38,39,40,41)/p-1. The fourth-order valence-corrected chi connectivity index (χ4v) is 7.12. The number of hydrogen-bond donors (Lipinski definition) is 1. The van der Waals surface area contributed by atoms with Gasteiger partial charge in [0.25, 0.3) is 0 Å². The summed E-state index contributed by atoms with van der Waals surface area (Å²) in [5.41, 5.74) is 4.97. The van der Waals surface area contributed by atoms with Crippen LogP contribution in [0, 0.1) is 0 Å². The van der Waals surface area contributed by atoms with E-state index in [1.165, 1.54) is 12.1 Å². The van der Waals surface area contributed by atoms with Crippen LogP contribution in [0.3, 0.4) is 0 Å². The van der Waals surface area contributed by atoms with Gasteiger partial charge in [-0.3, -0.25) is 9.83 Å². The lowest BCUT2D eigenvalue weighted by Crippen LogP contribution is -2.28. The Morgan fingerprint density at radius 3 is 2.44 bits per heavy atom. The van der Waals surface area contributed by atoms with Crippen LogP contribution in [-0.2, 0) is 35.1 Å². The number of nitrogens with zero attached hydrogens (tertiary/aromatic N) is 2. The SMILES string of the molecule is CCN1C(=CC=CC=CC2=[N+](CCCCCC(=O)O)c3ccc(S(=O)(=O)[O-])cc3C2(C)C)C(C)(C)c2cc(SOO[O-])ccc21. The van der Waals surface area contributed by atoms with Gasteiger partial charge in [0.05, 0.1) is 22.4 Å². The van der Waals surface area contributed by atoms with Crippen molar-refractivity contribution in [2.24, 2.45) is 0 Å². The van der Waals surface area contributed by atoms with Crippen molar-refractivity contribution in [2.45, 2.75) is 80.9 Å². The molecular weight excluding hydrogens is 617 g/mol. The molecule has 0 saturated heterocycles. The predicted molar refractivity (Wildman–Crippen MR) is 170 cm³/mol. The zero-order valence-electron chi connectivity index (χ0n) is 26.1. The Hall–Kier alpha value is -3.26. The van der Waals surface area contributed by atoms with Gasteiger partial charge in [-0.1, -0.05) is 32.1 Å². The third-order valence-corrected chi connectivity index (χ3v) is 9.89.